The molecule has 0 heterocycles. The summed E-state index contributed by atoms with van der Waals surface area (Å²) in [5, 5.41) is 0. The maximum absolute atomic E-state index is 11.4. The molecule has 0 saturated heterocycles. The molecule has 2 aromatic carbocycles. The van der Waals surface area contributed by atoms with Crippen molar-refractivity contribution in [2.24, 2.45) is 0 Å². The maximum atomic E-state index is 11.4. The fraction of sp³-hybridized carbons (Fsp3) is 0.250. The number of hydrogen-bond acceptors (Lipinski definition) is 3. The van der Waals surface area contributed by atoms with Crippen LogP contribution in [0.2, 0.25) is 0 Å². The second kappa shape index (κ2) is 6.08. The molecule has 112 valence electrons. The van der Waals surface area contributed by atoms with Gasteiger partial charge in [0.15, 0.2) is 0 Å². The lowest BCUT2D eigenvalue weighted by Gasteiger charge is -2.14. The van der Waals surface area contributed by atoms with Gasteiger partial charge in [0.1, 0.15) is 12.4 Å². The van der Waals surface area contributed by atoms with Crippen LogP contribution >= 0.6 is 10.7 Å². The van der Waals surface area contributed by atoms with Crippen molar-refractivity contribution in [3.63, 3.8) is 0 Å². The molecule has 3 nitrogen and oxygen atoms in total. The SMILES string of the molecule is Cc1ccccc1COc1c(C)cc(S(=O)(=O)Cl)cc1C. The third-order valence-corrected chi connectivity index (χ3v) is 4.68. The molecule has 0 saturated carbocycles. The van der Waals surface area contributed by atoms with Crippen LogP contribution in [0.4, 0.5) is 0 Å². The highest BCUT2D eigenvalue weighted by molar-refractivity contribution is 8.13. The third kappa shape index (κ3) is 3.77. The predicted molar refractivity (Wildman–Crippen MR) is 84.5 cm³/mol. The van der Waals surface area contributed by atoms with Gasteiger partial charge in [-0.15, -0.1) is 0 Å². The second-order valence-electron chi connectivity index (χ2n) is 5.04. The highest BCUT2D eigenvalue weighted by atomic mass is 35.7. The standard InChI is InChI=1S/C16H17ClO3S/c1-11-6-4-5-7-14(11)10-20-16-12(2)8-15(9-13(16)3)21(17,18)19/h4-9H,10H2,1-3H3. The van der Waals surface area contributed by atoms with Gasteiger partial charge in [0.05, 0.1) is 4.90 Å². The van der Waals surface area contributed by atoms with Gasteiger partial charge in [-0.2, -0.15) is 0 Å². The Balaban J connectivity index is 2.28. The topological polar surface area (TPSA) is 43.4 Å². The molecule has 21 heavy (non-hydrogen) atoms. The first-order valence-electron chi connectivity index (χ1n) is 6.52. The van der Waals surface area contributed by atoms with Crippen LogP contribution in [-0.4, -0.2) is 8.42 Å². The molecule has 0 fully saturated rings. The van der Waals surface area contributed by atoms with Crippen molar-refractivity contribution in [1.29, 1.82) is 0 Å². The van der Waals surface area contributed by atoms with Crippen molar-refractivity contribution >= 4 is 19.7 Å². The van der Waals surface area contributed by atoms with Crippen LogP contribution in [-0.2, 0) is 15.7 Å². The van der Waals surface area contributed by atoms with Gasteiger partial charge < -0.3 is 4.74 Å². The molecular weight excluding hydrogens is 308 g/mol. The van der Waals surface area contributed by atoms with Crippen molar-refractivity contribution in [2.45, 2.75) is 32.3 Å². The van der Waals surface area contributed by atoms with Gasteiger partial charge in [-0.05, 0) is 55.2 Å². The lowest BCUT2D eigenvalue weighted by molar-refractivity contribution is 0.301. The maximum Gasteiger partial charge on any atom is 0.261 e. The number of ether oxygens (including phenoxy) is 1. The van der Waals surface area contributed by atoms with Gasteiger partial charge in [-0.1, -0.05) is 24.3 Å². The molecule has 0 bridgehead atoms. The van der Waals surface area contributed by atoms with Crippen molar-refractivity contribution < 1.29 is 13.2 Å². The summed E-state index contributed by atoms with van der Waals surface area (Å²) in [6, 6.07) is 11.0. The van der Waals surface area contributed by atoms with Crippen LogP contribution in [0.25, 0.3) is 0 Å². The van der Waals surface area contributed by atoms with E-state index in [0.29, 0.717) is 12.4 Å². The summed E-state index contributed by atoms with van der Waals surface area (Å²) >= 11 is 0. The van der Waals surface area contributed by atoms with E-state index in [1.807, 2.05) is 45.0 Å². The number of rotatable bonds is 4. The van der Waals surface area contributed by atoms with Crippen molar-refractivity contribution in [1.82, 2.24) is 0 Å². The zero-order chi connectivity index (χ0) is 15.6. The van der Waals surface area contributed by atoms with Crippen LogP contribution in [0.1, 0.15) is 22.3 Å². The quantitative estimate of drug-likeness (QED) is 0.795. The molecule has 0 spiro atoms. The molecule has 0 aromatic heterocycles. The number of benzene rings is 2. The van der Waals surface area contributed by atoms with E-state index in [0.717, 1.165) is 22.3 Å². The van der Waals surface area contributed by atoms with E-state index in [4.69, 9.17) is 15.4 Å². The van der Waals surface area contributed by atoms with Gasteiger partial charge in [0, 0.05) is 10.7 Å². The lowest BCUT2D eigenvalue weighted by atomic mass is 10.1. The van der Waals surface area contributed by atoms with E-state index in [1.165, 1.54) is 12.1 Å². The number of halogens is 1. The van der Waals surface area contributed by atoms with Crippen molar-refractivity contribution in [2.75, 3.05) is 0 Å². The Morgan fingerprint density at radius 2 is 1.57 bits per heavy atom. The highest BCUT2D eigenvalue weighted by Crippen LogP contribution is 2.29. The molecule has 0 unspecified atom stereocenters. The Labute approximate surface area is 129 Å². The average Bonchev–Trinajstić information content (AvgIpc) is 2.38. The Bertz CT molecular complexity index is 744. The van der Waals surface area contributed by atoms with Crippen LogP contribution in [0.3, 0.4) is 0 Å². The monoisotopic (exact) mass is 324 g/mol. The molecule has 0 aliphatic heterocycles. The number of hydrogen-bond donors (Lipinski definition) is 0. The van der Waals surface area contributed by atoms with E-state index in [2.05, 4.69) is 0 Å². The van der Waals surface area contributed by atoms with Crippen molar-refractivity contribution in [3.8, 4) is 5.75 Å². The van der Waals surface area contributed by atoms with E-state index >= 15 is 0 Å². The normalized spacial score (nSPS) is 11.4. The fourth-order valence-corrected chi connectivity index (χ4v) is 3.10. The van der Waals surface area contributed by atoms with E-state index in [-0.39, 0.29) is 4.90 Å². The Kier molecular flexibility index (Phi) is 4.59. The first kappa shape index (κ1) is 15.9. The van der Waals surface area contributed by atoms with E-state index in [9.17, 15) is 8.42 Å². The molecule has 2 aromatic rings. The zero-order valence-electron chi connectivity index (χ0n) is 12.2. The summed E-state index contributed by atoms with van der Waals surface area (Å²) < 4.78 is 28.7. The van der Waals surface area contributed by atoms with Crippen LogP contribution in [0.15, 0.2) is 41.3 Å². The molecule has 5 heteroatoms. The molecule has 0 atom stereocenters. The van der Waals surface area contributed by atoms with Crippen LogP contribution < -0.4 is 4.74 Å². The summed E-state index contributed by atoms with van der Waals surface area (Å²) in [5.74, 6) is 0.697. The third-order valence-electron chi connectivity index (χ3n) is 3.35. The molecular formula is C16H17ClO3S. The van der Waals surface area contributed by atoms with Crippen molar-refractivity contribution in [3.05, 3.63) is 58.7 Å². The Morgan fingerprint density at radius 3 is 2.10 bits per heavy atom. The minimum Gasteiger partial charge on any atom is -0.488 e. The molecule has 0 amide bonds. The van der Waals surface area contributed by atoms with Crippen LogP contribution in [0.5, 0.6) is 5.75 Å². The smallest absolute Gasteiger partial charge is 0.261 e. The molecule has 2 rings (SSSR count). The van der Waals surface area contributed by atoms with Gasteiger partial charge >= 0.3 is 0 Å². The summed E-state index contributed by atoms with van der Waals surface area (Å²) in [6.07, 6.45) is 0. The van der Waals surface area contributed by atoms with Gasteiger partial charge in [0.25, 0.3) is 9.05 Å². The first-order chi connectivity index (χ1) is 9.79. The highest BCUT2D eigenvalue weighted by Gasteiger charge is 2.15. The minimum atomic E-state index is -3.72. The Morgan fingerprint density at radius 1 is 1.00 bits per heavy atom. The predicted octanol–water partition coefficient (Wildman–Crippen LogP) is 4.12. The average molecular weight is 325 g/mol. The zero-order valence-corrected chi connectivity index (χ0v) is 13.8. The molecule has 0 aliphatic rings. The molecule has 0 radical (unpaired) electrons. The number of aryl methyl sites for hydroxylation is 3. The summed E-state index contributed by atoms with van der Waals surface area (Å²) in [7, 11) is 1.66. The minimum absolute atomic E-state index is 0.0995. The first-order valence-corrected chi connectivity index (χ1v) is 8.83. The summed E-state index contributed by atoms with van der Waals surface area (Å²) in [6.45, 7) is 6.10. The van der Waals surface area contributed by atoms with E-state index in [1.54, 1.807) is 0 Å². The summed E-state index contributed by atoms with van der Waals surface area (Å²) in [4.78, 5) is 0.0995. The van der Waals surface area contributed by atoms with Crippen LogP contribution in [0, 0.1) is 20.8 Å². The molecule has 0 aliphatic carbocycles. The van der Waals surface area contributed by atoms with Gasteiger partial charge in [0.2, 0.25) is 0 Å². The van der Waals surface area contributed by atoms with Gasteiger partial charge in [-0.3, -0.25) is 0 Å². The molecule has 0 N–H and O–H groups in total. The van der Waals surface area contributed by atoms with Gasteiger partial charge in [-0.25, -0.2) is 8.42 Å². The Hall–Kier alpha value is -1.52. The van der Waals surface area contributed by atoms with E-state index < -0.39 is 9.05 Å². The lowest BCUT2D eigenvalue weighted by Crippen LogP contribution is -2.02. The summed E-state index contributed by atoms with van der Waals surface area (Å²) in [5.41, 5.74) is 3.77. The fourth-order valence-electron chi connectivity index (χ4n) is 2.20. The second-order valence-corrected chi connectivity index (χ2v) is 7.61. The largest absolute Gasteiger partial charge is 0.488 e.